The smallest absolute Gasteiger partial charge is 0.315 e. The van der Waals surface area contributed by atoms with Gasteiger partial charge in [-0.1, -0.05) is 30.3 Å². The highest BCUT2D eigenvalue weighted by Crippen LogP contribution is 2.27. The average molecular weight is 411 g/mol. The number of amides is 2. The first kappa shape index (κ1) is 19.6. The van der Waals surface area contributed by atoms with Gasteiger partial charge in [-0.05, 0) is 48.5 Å². The Morgan fingerprint density at radius 1 is 1.14 bits per heavy atom. The Morgan fingerprint density at radius 3 is 2.76 bits per heavy atom. The first-order valence-electron chi connectivity index (χ1n) is 9.97. The molecule has 152 valence electrons. The Hall–Kier alpha value is -2.71. The van der Waals surface area contributed by atoms with Crippen LogP contribution in [-0.4, -0.2) is 45.3 Å². The maximum Gasteiger partial charge on any atom is 0.315 e. The molecule has 1 fully saturated rings. The zero-order chi connectivity index (χ0) is 19.9. The maximum absolute atomic E-state index is 12.4. The minimum absolute atomic E-state index is 0.132. The summed E-state index contributed by atoms with van der Waals surface area (Å²) in [6.07, 6.45) is 5.70. The molecule has 0 aliphatic carbocycles. The van der Waals surface area contributed by atoms with E-state index in [1.165, 1.54) is 24.0 Å². The van der Waals surface area contributed by atoms with E-state index in [4.69, 9.17) is 0 Å². The molecule has 1 unspecified atom stereocenters. The van der Waals surface area contributed by atoms with Gasteiger partial charge in [0.2, 0.25) is 0 Å². The lowest BCUT2D eigenvalue weighted by Gasteiger charge is -2.27. The van der Waals surface area contributed by atoms with Crippen molar-refractivity contribution in [3.8, 4) is 0 Å². The van der Waals surface area contributed by atoms with Crippen LogP contribution < -0.4 is 10.6 Å². The van der Waals surface area contributed by atoms with Crippen LogP contribution in [0, 0.1) is 0 Å². The summed E-state index contributed by atoms with van der Waals surface area (Å²) in [5, 5.41) is 12.3. The van der Waals surface area contributed by atoms with Gasteiger partial charge in [-0.3, -0.25) is 4.90 Å². The molecule has 0 bridgehead atoms. The van der Waals surface area contributed by atoms with Crippen molar-refractivity contribution in [1.82, 2.24) is 30.3 Å². The third kappa shape index (κ3) is 5.42. The van der Waals surface area contributed by atoms with E-state index in [9.17, 15) is 4.79 Å². The van der Waals surface area contributed by atoms with Crippen LogP contribution in [0.25, 0.3) is 0 Å². The maximum atomic E-state index is 12.4. The van der Waals surface area contributed by atoms with Gasteiger partial charge in [-0.25, -0.2) is 14.5 Å². The van der Waals surface area contributed by atoms with Crippen molar-refractivity contribution < 1.29 is 4.79 Å². The van der Waals surface area contributed by atoms with E-state index in [-0.39, 0.29) is 12.1 Å². The Bertz CT molecular complexity index is 890. The number of aromatic nitrogens is 3. The lowest BCUT2D eigenvalue weighted by atomic mass is 10.1. The summed E-state index contributed by atoms with van der Waals surface area (Å²) in [4.78, 5) is 20.1. The Balaban J connectivity index is 1.28. The second-order valence-corrected chi connectivity index (χ2v) is 8.23. The zero-order valence-corrected chi connectivity index (χ0v) is 17.1. The van der Waals surface area contributed by atoms with E-state index in [1.807, 2.05) is 18.2 Å². The highest BCUT2D eigenvalue weighted by atomic mass is 32.1. The number of benzene rings is 1. The minimum Gasteiger partial charge on any atom is -0.336 e. The Kier molecular flexibility index (Phi) is 6.53. The standard InChI is InChI=1S/C21H26N6OS/c28-21(24-13-19(20-7-4-10-29-20)26-8-1-2-9-26)23-12-17-5-3-6-18(11-17)14-27-16-22-15-25-27/h3-7,10-11,15-16,19H,1-2,8-9,12-14H2,(H2,23,24,28). The average Bonchev–Trinajstić information content (AvgIpc) is 3.50. The second-order valence-electron chi connectivity index (χ2n) is 7.25. The highest BCUT2D eigenvalue weighted by Gasteiger charge is 2.24. The zero-order valence-electron chi connectivity index (χ0n) is 16.3. The lowest BCUT2D eigenvalue weighted by molar-refractivity contribution is 0.222. The number of likely N-dealkylation sites (tertiary alicyclic amines) is 1. The van der Waals surface area contributed by atoms with Crippen LogP contribution in [0.3, 0.4) is 0 Å². The summed E-state index contributed by atoms with van der Waals surface area (Å²) >= 11 is 1.76. The molecule has 8 heteroatoms. The number of nitrogens with zero attached hydrogens (tertiary/aromatic N) is 4. The van der Waals surface area contributed by atoms with Crippen LogP contribution in [0.4, 0.5) is 4.79 Å². The van der Waals surface area contributed by atoms with E-state index >= 15 is 0 Å². The number of thiophene rings is 1. The van der Waals surface area contributed by atoms with Crippen molar-refractivity contribution in [2.75, 3.05) is 19.6 Å². The number of hydrogen-bond donors (Lipinski definition) is 2. The first-order valence-corrected chi connectivity index (χ1v) is 10.9. The molecule has 1 atom stereocenters. The van der Waals surface area contributed by atoms with Gasteiger partial charge in [0, 0.05) is 18.0 Å². The van der Waals surface area contributed by atoms with E-state index in [2.05, 4.69) is 49.2 Å². The molecular weight excluding hydrogens is 384 g/mol. The summed E-state index contributed by atoms with van der Waals surface area (Å²) in [6, 6.07) is 12.5. The quantitative estimate of drug-likeness (QED) is 0.599. The van der Waals surface area contributed by atoms with Crippen molar-refractivity contribution in [2.24, 2.45) is 0 Å². The van der Waals surface area contributed by atoms with Gasteiger partial charge >= 0.3 is 6.03 Å². The molecular formula is C21H26N6OS. The van der Waals surface area contributed by atoms with Gasteiger partial charge in [0.15, 0.2) is 0 Å². The summed E-state index contributed by atoms with van der Waals surface area (Å²) in [6.45, 7) is 3.98. The molecule has 29 heavy (non-hydrogen) atoms. The van der Waals surface area contributed by atoms with Crippen LogP contribution in [0.1, 0.15) is 34.9 Å². The predicted octanol–water partition coefficient (Wildman–Crippen LogP) is 3.02. The summed E-state index contributed by atoms with van der Waals surface area (Å²) in [5.74, 6) is 0. The molecule has 0 spiro atoms. The third-order valence-electron chi connectivity index (χ3n) is 5.16. The summed E-state index contributed by atoms with van der Waals surface area (Å²) in [7, 11) is 0. The second kappa shape index (κ2) is 9.67. The first-order chi connectivity index (χ1) is 14.3. The molecule has 4 rings (SSSR count). The molecule has 1 aromatic carbocycles. The Labute approximate surface area is 174 Å². The fourth-order valence-electron chi connectivity index (χ4n) is 3.72. The van der Waals surface area contributed by atoms with E-state index in [0.29, 0.717) is 19.6 Å². The molecule has 1 saturated heterocycles. The van der Waals surface area contributed by atoms with E-state index < -0.39 is 0 Å². The summed E-state index contributed by atoms with van der Waals surface area (Å²) < 4.78 is 1.78. The SMILES string of the molecule is O=C(NCc1cccc(Cn2cncn2)c1)NCC(c1cccs1)N1CCCC1. The van der Waals surface area contributed by atoms with E-state index in [1.54, 1.807) is 22.3 Å². The normalized spacial score (nSPS) is 15.3. The fourth-order valence-corrected chi connectivity index (χ4v) is 4.58. The van der Waals surface area contributed by atoms with Crippen molar-refractivity contribution >= 4 is 17.4 Å². The van der Waals surface area contributed by atoms with Crippen LogP contribution in [0.15, 0.2) is 54.4 Å². The third-order valence-corrected chi connectivity index (χ3v) is 6.14. The van der Waals surface area contributed by atoms with Crippen LogP contribution in [0.5, 0.6) is 0 Å². The number of urea groups is 1. The van der Waals surface area contributed by atoms with Crippen molar-refractivity contribution in [2.45, 2.75) is 32.0 Å². The Morgan fingerprint density at radius 2 is 2.00 bits per heavy atom. The lowest BCUT2D eigenvalue weighted by Crippen LogP contribution is -2.41. The fraction of sp³-hybridized carbons (Fsp3) is 0.381. The topological polar surface area (TPSA) is 75.1 Å². The van der Waals surface area contributed by atoms with Gasteiger partial charge in [0.25, 0.3) is 0 Å². The molecule has 2 amide bonds. The van der Waals surface area contributed by atoms with Crippen LogP contribution in [-0.2, 0) is 13.1 Å². The molecule has 1 aliphatic rings. The predicted molar refractivity (Wildman–Crippen MR) is 114 cm³/mol. The minimum atomic E-state index is -0.132. The van der Waals surface area contributed by atoms with Gasteiger partial charge < -0.3 is 10.6 Å². The summed E-state index contributed by atoms with van der Waals surface area (Å²) in [5.41, 5.74) is 2.19. The molecule has 7 nitrogen and oxygen atoms in total. The molecule has 1 aliphatic heterocycles. The van der Waals surface area contributed by atoms with Crippen LogP contribution in [0.2, 0.25) is 0 Å². The molecule has 2 aromatic heterocycles. The monoisotopic (exact) mass is 410 g/mol. The highest BCUT2D eigenvalue weighted by molar-refractivity contribution is 7.10. The number of nitrogens with one attached hydrogen (secondary N) is 2. The van der Waals surface area contributed by atoms with Crippen molar-refractivity contribution in [1.29, 1.82) is 0 Å². The van der Waals surface area contributed by atoms with Gasteiger partial charge in [0.05, 0.1) is 12.6 Å². The number of carbonyl (C=O) groups is 1. The number of rotatable bonds is 8. The molecule has 0 saturated carbocycles. The van der Waals surface area contributed by atoms with Gasteiger partial charge in [-0.2, -0.15) is 5.10 Å². The molecule has 0 radical (unpaired) electrons. The van der Waals surface area contributed by atoms with Gasteiger partial charge in [0.1, 0.15) is 12.7 Å². The number of carbonyl (C=O) groups excluding carboxylic acids is 1. The van der Waals surface area contributed by atoms with E-state index in [0.717, 1.165) is 24.2 Å². The van der Waals surface area contributed by atoms with Crippen LogP contribution >= 0.6 is 11.3 Å². The largest absolute Gasteiger partial charge is 0.336 e. The molecule has 3 aromatic rings. The van der Waals surface area contributed by atoms with Crippen molar-refractivity contribution in [3.05, 3.63) is 70.4 Å². The molecule has 3 heterocycles. The van der Waals surface area contributed by atoms with Crippen molar-refractivity contribution in [3.63, 3.8) is 0 Å². The van der Waals surface area contributed by atoms with Gasteiger partial charge in [-0.15, -0.1) is 11.3 Å². The number of hydrogen-bond acceptors (Lipinski definition) is 5. The molecule has 2 N–H and O–H groups in total.